The van der Waals surface area contributed by atoms with Crippen LogP contribution < -0.4 is 11.1 Å². The molecule has 2 rings (SSSR count). The van der Waals surface area contributed by atoms with Crippen LogP contribution in [0.15, 0.2) is 29.3 Å². The van der Waals surface area contributed by atoms with Gasteiger partial charge in [0.2, 0.25) is 5.91 Å². The third kappa shape index (κ3) is 2.01. The molecule has 5 nitrogen and oxygen atoms in total. The van der Waals surface area contributed by atoms with Crippen molar-refractivity contribution in [1.82, 2.24) is 5.32 Å². The number of hydrogen-bond acceptors (Lipinski definition) is 3. The molecule has 0 unspecified atom stereocenters. The minimum Gasteiger partial charge on any atom is -0.399 e. The first-order valence-corrected chi connectivity index (χ1v) is 4.42. The zero-order chi connectivity index (χ0) is 10.8. The van der Waals surface area contributed by atoms with Crippen LogP contribution in [0.3, 0.4) is 0 Å². The number of amides is 2. The highest BCUT2D eigenvalue weighted by molar-refractivity contribution is 6.19. The molecule has 1 aromatic carbocycles. The smallest absolute Gasteiger partial charge is 0.257 e. The summed E-state index contributed by atoms with van der Waals surface area (Å²) in [7, 11) is 0. The molecule has 0 saturated carbocycles. The van der Waals surface area contributed by atoms with Crippen LogP contribution in [-0.4, -0.2) is 17.6 Å². The Morgan fingerprint density at radius 3 is 2.47 bits per heavy atom. The maximum Gasteiger partial charge on any atom is 0.257 e. The lowest BCUT2D eigenvalue weighted by molar-refractivity contribution is -0.127. The Hall–Kier alpha value is -2.17. The number of aliphatic imine (C=N–C) groups is 1. The van der Waals surface area contributed by atoms with Crippen molar-refractivity contribution in [2.24, 2.45) is 4.99 Å². The SMILES string of the molecule is Nc1ccc(C2=NC(=O)CC(=O)N2)cc1. The van der Waals surface area contributed by atoms with Crippen LogP contribution in [0.2, 0.25) is 0 Å². The fourth-order valence-corrected chi connectivity index (χ4v) is 1.28. The van der Waals surface area contributed by atoms with Gasteiger partial charge in [-0.1, -0.05) is 0 Å². The summed E-state index contributed by atoms with van der Waals surface area (Å²) in [5.74, 6) is -0.469. The van der Waals surface area contributed by atoms with Crippen molar-refractivity contribution in [1.29, 1.82) is 0 Å². The molecule has 76 valence electrons. The van der Waals surface area contributed by atoms with E-state index < -0.39 is 5.91 Å². The molecule has 0 aromatic heterocycles. The number of amidine groups is 1. The Morgan fingerprint density at radius 2 is 1.87 bits per heavy atom. The van der Waals surface area contributed by atoms with Gasteiger partial charge < -0.3 is 11.1 Å². The van der Waals surface area contributed by atoms with Gasteiger partial charge in [-0.15, -0.1) is 0 Å². The first-order valence-electron chi connectivity index (χ1n) is 4.42. The van der Waals surface area contributed by atoms with Crippen LogP contribution in [0, 0.1) is 0 Å². The summed E-state index contributed by atoms with van der Waals surface area (Å²) in [6.07, 6.45) is -0.182. The number of nitrogens with zero attached hydrogens (tertiary/aromatic N) is 1. The highest BCUT2D eigenvalue weighted by Gasteiger charge is 2.18. The van der Waals surface area contributed by atoms with Crippen LogP contribution in [0.1, 0.15) is 12.0 Å². The van der Waals surface area contributed by atoms with Gasteiger partial charge in [0.05, 0.1) is 0 Å². The van der Waals surface area contributed by atoms with E-state index in [4.69, 9.17) is 5.73 Å². The van der Waals surface area contributed by atoms with E-state index in [9.17, 15) is 9.59 Å². The first-order chi connectivity index (χ1) is 7.15. The largest absolute Gasteiger partial charge is 0.399 e. The number of nitrogens with one attached hydrogen (secondary N) is 1. The van der Waals surface area contributed by atoms with Gasteiger partial charge in [-0.25, -0.2) is 0 Å². The van der Waals surface area contributed by atoms with Gasteiger partial charge in [-0.05, 0) is 24.3 Å². The van der Waals surface area contributed by atoms with E-state index >= 15 is 0 Å². The molecular weight excluding hydrogens is 194 g/mol. The van der Waals surface area contributed by atoms with E-state index in [-0.39, 0.29) is 18.2 Å². The Bertz CT molecular complexity index is 448. The number of carbonyl (C=O) groups is 2. The lowest BCUT2D eigenvalue weighted by Gasteiger charge is -2.12. The average molecular weight is 203 g/mol. The molecule has 0 fully saturated rings. The van der Waals surface area contributed by atoms with Crippen LogP contribution in [0.4, 0.5) is 5.69 Å². The second-order valence-corrected chi connectivity index (χ2v) is 3.20. The summed E-state index contributed by atoms with van der Waals surface area (Å²) in [6, 6.07) is 6.77. The summed E-state index contributed by atoms with van der Waals surface area (Å²) in [5, 5.41) is 2.53. The lowest BCUT2D eigenvalue weighted by atomic mass is 10.1. The van der Waals surface area contributed by atoms with Gasteiger partial charge in [0.1, 0.15) is 12.3 Å². The number of rotatable bonds is 1. The van der Waals surface area contributed by atoms with E-state index in [1.807, 2.05) is 0 Å². The van der Waals surface area contributed by atoms with Crippen molar-refractivity contribution in [3.63, 3.8) is 0 Å². The van der Waals surface area contributed by atoms with Crippen molar-refractivity contribution < 1.29 is 9.59 Å². The number of nitrogens with two attached hydrogens (primary N) is 1. The van der Waals surface area contributed by atoms with E-state index in [1.165, 1.54) is 0 Å². The summed E-state index contributed by atoms with van der Waals surface area (Å²) in [6.45, 7) is 0. The molecule has 0 radical (unpaired) electrons. The molecule has 0 bridgehead atoms. The standard InChI is InChI=1S/C10H9N3O2/c11-7-3-1-6(2-4-7)10-12-8(14)5-9(15)13-10/h1-4H,5,11H2,(H,12,13,14,15). The quantitative estimate of drug-likeness (QED) is 0.500. The minimum absolute atomic E-state index is 0.182. The Morgan fingerprint density at radius 1 is 1.20 bits per heavy atom. The number of hydrogen-bond donors (Lipinski definition) is 2. The topological polar surface area (TPSA) is 84.5 Å². The Balaban J connectivity index is 2.34. The molecule has 0 spiro atoms. The molecule has 1 aliphatic heterocycles. The molecule has 15 heavy (non-hydrogen) atoms. The van der Waals surface area contributed by atoms with Gasteiger partial charge in [0.25, 0.3) is 5.91 Å². The molecule has 0 saturated heterocycles. The van der Waals surface area contributed by atoms with E-state index in [0.29, 0.717) is 11.3 Å². The molecule has 2 amide bonds. The number of nitrogen functional groups attached to an aromatic ring is 1. The van der Waals surface area contributed by atoms with Gasteiger partial charge in [0, 0.05) is 11.3 Å². The molecule has 1 heterocycles. The average Bonchev–Trinajstić information content (AvgIpc) is 2.17. The third-order valence-corrected chi connectivity index (χ3v) is 1.99. The lowest BCUT2D eigenvalue weighted by Crippen LogP contribution is -2.37. The van der Waals surface area contributed by atoms with Crippen molar-refractivity contribution in [2.75, 3.05) is 5.73 Å². The van der Waals surface area contributed by atoms with E-state index in [2.05, 4.69) is 10.3 Å². The minimum atomic E-state index is -0.425. The fourth-order valence-electron chi connectivity index (χ4n) is 1.28. The molecule has 0 atom stereocenters. The Kier molecular flexibility index (Phi) is 2.21. The third-order valence-electron chi connectivity index (χ3n) is 1.99. The normalized spacial score (nSPS) is 15.9. The predicted octanol–water partition coefficient (Wildman–Crippen LogP) is 0.0619. The van der Waals surface area contributed by atoms with Gasteiger partial charge in [-0.2, -0.15) is 4.99 Å². The predicted molar refractivity (Wildman–Crippen MR) is 55.2 cm³/mol. The molecule has 3 N–H and O–H groups in total. The van der Waals surface area contributed by atoms with Crippen molar-refractivity contribution in [2.45, 2.75) is 6.42 Å². The molecule has 1 aliphatic rings. The highest BCUT2D eigenvalue weighted by atomic mass is 16.2. The zero-order valence-corrected chi connectivity index (χ0v) is 7.86. The number of benzene rings is 1. The monoisotopic (exact) mass is 203 g/mol. The number of anilines is 1. The Labute approximate surface area is 86.0 Å². The molecule has 1 aromatic rings. The van der Waals surface area contributed by atoms with Crippen LogP contribution in [0.5, 0.6) is 0 Å². The maximum atomic E-state index is 11.1. The summed E-state index contributed by atoms with van der Waals surface area (Å²) < 4.78 is 0. The zero-order valence-electron chi connectivity index (χ0n) is 7.86. The number of carbonyl (C=O) groups excluding carboxylic acids is 2. The van der Waals surface area contributed by atoms with E-state index in [1.54, 1.807) is 24.3 Å². The summed E-state index contributed by atoms with van der Waals surface area (Å²) in [4.78, 5) is 25.9. The van der Waals surface area contributed by atoms with Crippen LogP contribution in [0.25, 0.3) is 0 Å². The van der Waals surface area contributed by atoms with Crippen molar-refractivity contribution in [3.05, 3.63) is 29.8 Å². The molecule has 0 aliphatic carbocycles. The van der Waals surface area contributed by atoms with Crippen molar-refractivity contribution in [3.8, 4) is 0 Å². The van der Waals surface area contributed by atoms with E-state index in [0.717, 1.165) is 0 Å². The van der Waals surface area contributed by atoms with Crippen LogP contribution >= 0.6 is 0 Å². The van der Waals surface area contributed by atoms with Gasteiger partial charge in [-0.3, -0.25) is 9.59 Å². The molecular formula is C10H9N3O2. The first kappa shape index (κ1) is 9.39. The molecule has 5 heteroatoms. The highest BCUT2D eigenvalue weighted by Crippen LogP contribution is 2.08. The maximum absolute atomic E-state index is 11.1. The van der Waals surface area contributed by atoms with Crippen LogP contribution in [-0.2, 0) is 9.59 Å². The van der Waals surface area contributed by atoms with Gasteiger partial charge in [0.15, 0.2) is 0 Å². The second-order valence-electron chi connectivity index (χ2n) is 3.20. The summed E-state index contributed by atoms with van der Waals surface area (Å²) in [5.41, 5.74) is 6.81. The van der Waals surface area contributed by atoms with Gasteiger partial charge >= 0.3 is 0 Å². The van der Waals surface area contributed by atoms with Crippen molar-refractivity contribution >= 4 is 23.3 Å². The second kappa shape index (κ2) is 3.53. The fraction of sp³-hybridized carbons (Fsp3) is 0.100. The summed E-state index contributed by atoms with van der Waals surface area (Å²) >= 11 is 0.